The Balaban J connectivity index is 2.40. The van der Waals surface area contributed by atoms with Crippen LogP contribution in [0.1, 0.15) is 5.56 Å². The van der Waals surface area contributed by atoms with E-state index in [0.29, 0.717) is 10.6 Å². The maximum Gasteiger partial charge on any atom is 0.264 e. The molecule has 0 unspecified atom stereocenters. The molecule has 2 aromatic carbocycles. The van der Waals surface area contributed by atoms with Crippen molar-refractivity contribution in [1.82, 2.24) is 0 Å². The summed E-state index contributed by atoms with van der Waals surface area (Å²) in [4.78, 5) is -0.444. The average molecular weight is 315 g/mol. The largest absolute Gasteiger partial charge is 0.326 e. The van der Waals surface area contributed by atoms with Crippen LogP contribution in [0.4, 0.5) is 10.1 Å². The van der Waals surface area contributed by atoms with Crippen LogP contribution in [0.3, 0.4) is 0 Å². The summed E-state index contributed by atoms with van der Waals surface area (Å²) in [7, 11) is -4.03. The molecule has 3 N–H and O–H groups in total. The summed E-state index contributed by atoms with van der Waals surface area (Å²) >= 11 is 5.77. The molecule has 2 aromatic rings. The molecule has 2 rings (SSSR count). The molecule has 0 fully saturated rings. The molecular weight excluding hydrogens is 303 g/mol. The lowest BCUT2D eigenvalue weighted by atomic mass is 10.2. The van der Waals surface area contributed by atoms with E-state index >= 15 is 0 Å². The minimum Gasteiger partial charge on any atom is -0.326 e. The zero-order chi connectivity index (χ0) is 14.8. The summed E-state index contributed by atoms with van der Waals surface area (Å²) in [6, 6.07) is 9.88. The van der Waals surface area contributed by atoms with Gasteiger partial charge >= 0.3 is 0 Å². The highest BCUT2D eigenvalue weighted by Crippen LogP contribution is 2.22. The second-order valence-electron chi connectivity index (χ2n) is 4.08. The molecule has 20 heavy (non-hydrogen) atoms. The Morgan fingerprint density at radius 1 is 1.20 bits per heavy atom. The third-order valence-corrected chi connectivity index (χ3v) is 4.23. The van der Waals surface area contributed by atoms with Crippen molar-refractivity contribution in [1.29, 1.82) is 0 Å². The Hall–Kier alpha value is -1.63. The Morgan fingerprint density at radius 2 is 1.95 bits per heavy atom. The first-order valence-corrected chi connectivity index (χ1v) is 7.55. The van der Waals surface area contributed by atoms with Crippen molar-refractivity contribution in [2.75, 3.05) is 4.72 Å². The quantitative estimate of drug-likeness (QED) is 0.911. The van der Waals surface area contributed by atoms with Gasteiger partial charge in [0.05, 0.1) is 5.69 Å². The van der Waals surface area contributed by atoms with Crippen LogP contribution < -0.4 is 10.5 Å². The van der Waals surface area contributed by atoms with Gasteiger partial charge in [0.15, 0.2) is 0 Å². The second-order valence-corrected chi connectivity index (χ2v) is 6.17. The van der Waals surface area contributed by atoms with Crippen molar-refractivity contribution in [3.8, 4) is 0 Å². The van der Waals surface area contributed by atoms with Crippen LogP contribution in [-0.2, 0) is 16.6 Å². The maximum absolute atomic E-state index is 13.7. The topological polar surface area (TPSA) is 72.2 Å². The average Bonchev–Trinajstić information content (AvgIpc) is 2.38. The fourth-order valence-corrected chi connectivity index (χ4v) is 3.01. The lowest BCUT2D eigenvalue weighted by molar-refractivity contribution is 0.569. The van der Waals surface area contributed by atoms with Crippen LogP contribution in [0.5, 0.6) is 0 Å². The number of nitrogens with two attached hydrogens (primary N) is 1. The molecule has 0 aromatic heterocycles. The summed E-state index contributed by atoms with van der Waals surface area (Å²) in [5.41, 5.74) is 6.21. The zero-order valence-corrected chi connectivity index (χ0v) is 11.9. The Morgan fingerprint density at radius 3 is 2.60 bits per heavy atom. The molecule has 7 heteroatoms. The van der Waals surface area contributed by atoms with E-state index in [0.717, 1.165) is 6.07 Å². The summed E-state index contributed by atoms with van der Waals surface area (Å²) in [6.45, 7) is 0.125. The normalized spacial score (nSPS) is 11.3. The highest BCUT2D eigenvalue weighted by atomic mass is 35.5. The molecular formula is C13H12ClFN2O2S. The van der Waals surface area contributed by atoms with Crippen molar-refractivity contribution >= 4 is 27.3 Å². The van der Waals surface area contributed by atoms with Crippen molar-refractivity contribution in [3.05, 3.63) is 58.9 Å². The van der Waals surface area contributed by atoms with Crippen molar-refractivity contribution < 1.29 is 12.8 Å². The van der Waals surface area contributed by atoms with E-state index in [1.165, 1.54) is 24.3 Å². The SMILES string of the molecule is NCc1ccc(F)c(S(=O)(=O)Nc2cccc(Cl)c2)c1. The van der Waals surface area contributed by atoms with Crippen molar-refractivity contribution in [2.24, 2.45) is 5.73 Å². The molecule has 0 spiro atoms. The highest BCUT2D eigenvalue weighted by Gasteiger charge is 2.19. The summed E-state index contributed by atoms with van der Waals surface area (Å²) in [6.07, 6.45) is 0. The van der Waals surface area contributed by atoms with E-state index in [1.54, 1.807) is 12.1 Å². The van der Waals surface area contributed by atoms with Crippen LogP contribution in [-0.4, -0.2) is 8.42 Å². The van der Waals surface area contributed by atoms with Gasteiger partial charge < -0.3 is 5.73 Å². The van der Waals surface area contributed by atoms with Crippen LogP contribution in [0.15, 0.2) is 47.4 Å². The van der Waals surface area contributed by atoms with E-state index in [1.807, 2.05) is 0 Å². The summed E-state index contributed by atoms with van der Waals surface area (Å²) in [5.74, 6) is -0.836. The number of hydrogen-bond donors (Lipinski definition) is 2. The minimum absolute atomic E-state index is 0.125. The first kappa shape index (κ1) is 14.8. The number of sulfonamides is 1. The standard InChI is InChI=1S/C13H12ClFN2O2S/c14-10-2-1-3-11(7-10)17-20(18,19)13-6-9(8-16)4-5-12(13)15/h1-7,17H,8,16H2. The zero-order valence-electron chi connectivity index (χ0n) is 10.3. The molecule has 0 radical (unpaired) electrons. The van der Waals surface area contributed by atoms with Gasteiger partial charge in [-0.2, -0.15) is 0 Å². The maximum atomic E-state index is 13.7. The molecule has 0 atom stereocenters. The molecule has 0 aliphatic carbocycles. The van der Waals surface area contributed by atoms with E-state index in [9.17, 15) is 12.8 Å². The van der Waals surface area contributed by atoms with Gasteiger partial charge in [-0.05, 0) is 35.9 Å². The molecule has 0 saturated heterocycles. The van der Waals surface area contributed by atoms with Crippen LogP contribution in [0.25, 0.3) is 0 Å². The van der Waals surface area contributed by atoms with Gasteiger partial charge in [-0.1, -0.05) is 23.7 Å². The predicted octanol–water partition coefficient (Wildman–Crippen LogP) is 2.74. The molecule has 106 valence electrons. The third-order valence-electron chi connectivity index (χ3n) is 2.60. The Labute approximate surface area is 121 Å². The first-order valence-electron chi connectivity index (χ1n) is 5.69. The summed E-state index contributed by atoms with van der Waals surface area (Å²) < 4.78 is 40.3. The third kappa shape index (κ3) is 3.27. The second kappa shape index (κ2) is 5.78. The molecule has 0 saturated carbocycles. The van der Waals surface area contributed by atoms with Gasteiger partial charge in [-0.3, -0.25) is 4.72 Å². The monoisotopic (exact) mass is 314 g/mol. The molecule has 0 heterocycles. The lowest BCUT2D eigenvalue weighted by Gasteiger charge is -2.10. The number of benzene rings is 2. The number of hydrogen-bond acceptors (Lipinski definition) is 3. The summed E-state index contributed by atoms with van der Waals surface area (Å²) in [5, 5.41) is 0.376. The Kier molecular flexibility index (Phi) is 4.27. The van der Waals surface area contributed by atoms with Gasteiger partial charge in [0, 0.05) is 11.6 Å². The van der Waals surface area contributed by atoms with E-state index in [-0.39, 0.29) is 12.2 Å². The molecule has 4 nitrogen and oxygen atoms in total. The minimum atomic E-state index is -4.03. The van der Waals surface area contributed by atoms with Crippen LogP contribution in [0.2, 0.25) is 5.02 Å². The van der Waals surface area contributed by atoms with Gasteiger partial charge in [0.25, 0.3) is 10.0 Å². The fourth-order valence-electron chi connectivity index (χ4n) is 1.64. The van der Waals surface area contributed by atoms with E-state index < -0.39 is 20.7 Å². The van der Waals surface area contributed by atoms with Crippen LogP contribution >= 0.6 is 11.6 Å². The van der Waals surface area contributed by atoms with Gasteiger partial charge in [-0.15, -0.1) is 0 Å². The van der Waals surface area contributed by atoms with E-state index in [2.05, 4.69) is 4.72 Å². The molecule has 0 aliphatic heterocycles. The van der Waals surface area contributed by atoms with Crippen molar-refractivity contribution in [2.45, 2.75) is 11.4 Å². The molecule has 0 amide bonds. The number of halogens is 2. The fraction of sp³-hybridized carbons (Fsp3) is 0.0769. The van der Waals surface area contributed by atoms with Crippen molar-refractivity contribution in [3.63, 3.8) is 0 Å². The highest BCUT2D eigenvalue weighted by molar-refractivity contribution is 7.92. The molecule has 0 bridgehead atoms. The lowest BCUT2D eigenvalue weighted by Crippen LogP contribution is -2.15. The van der Waals surface area contributed by atoms with Crippen LogP contribution in [0, 0.1) is 5.82 Å². The Bertz CT molecular complexity index is 735. The van der Waals surface area contributed by atoms with Gasteiger partial charge in [-0.25, -0.2) is 12.8 Å². The van der Waals surface area contributed by atoms with Gasteiger partial charge in [0.2, 0.25) is 0 Å². The van der Waals surface area contributed by atoms with Gasteiger partial charge in [0.1, 0.15) is 10.7 Å². The number of anilines is 1. The predicted molar refractivity (Wildman–Crippen MR) is 76.6 cm³/mol. The number of nitrogens with one attached hydrogen (secondary N) is 1. The molecule has 0 aliphatic rings. The smallest absolute Gasteiger partial charge is 0.264 e. The first-order chi connectivity index (χ1) is 9.42. The van der Waals surface area contributed by atoms with E-state index in [4.69, 9.17) is 17.3 Å². The number of rotatable bonds is 4.